The molecule has 0 radical (unpaired) electrons. The number of carbonyl (C=O) groups is 1. The number of ether oxygens (including phenoxy) is 1. The minimum Gasteiger partial charge on any atom is -0.365 e. The van der Waals surface area contributed by atoms with E-state index in [0.717, 1.165) is 51.7 Å². The smallest absolute Gasteiger partial charge is 0.272 e. The number of morpholine rings is 1. The van der Waals surface area contributed by atoms with Crippen LogP contribution < -0.4 is 0 Å². The molecule has 2 spiro atoms. The van der Waals surface area contributed by atoms with Gasteiger partial charge in [0, 0.05) is 25.8 Å². The molecule has 0 atom stereocenters. The Bertz CT molecular complexity index is 895. The van der Waals surface area contributed by atoms with Gasteiger partial charge in [-0.1, -0.05) is 41.9 Å². The van der Waals surface area contributed by atoms with Crippen LogP contribution in [0.1, 0.15) is 41.7 Å². The summed E-state index contributed by atoms with van der Waals surface area (Å²) in [6, 6.07) is 14.1. The monoisotopic (exact) mass is 461 g/mol. The molecule has 2 saturated heterocycles. The van der Waals surface area contributed by atoms with E-state index in [1.165, 1.54) is 5.56 Å². The van der Waals surface area contributed by atoms with Gasteiger partial charge in [0.2, 0.25) is 0 Å². The van der Waals surface area contributed by atoms with Crippen molar-refractivity contribution in [2.45, 2.75) is 43.3 Å². The molecule has 1 amide bonds. The molecule has 0 N–H and O–H groups in total. The topological polar surface area (TPSA) is 45.7 Å². The van der Waals surface area contributed by atoms with Gasteiger partial charge in [0.15, 0.2) is 0 Å². The van der Waals surface area contributed by atoms with Crippen LogP contribution in [-0.2, 0) is 11.2 Å². The van der Waals surface area contributed by atoms with E-state index in [1.807, 2.05) is 4.90 Å². The van der Waals surface area contributed by atoms with E-state index in [-0.39, 0.29) is 29.5 Å². The summed E-state index contributed by atoms with van der Waals surface area (Å²) in [5.74, 6) is -0.00729. The lowest BCUT2D eigenvalue weighted by Crippen LogP contribution is -2.61. The zero-order valence-electron chi connectivity index (χ0n) is 17.6. The Kier molecular flexibility index (Phi) is 6.59. The second-order valence-corrected chi connectivity index (χ2v) is 9.50. The van der Waals surface area contributed by atoms with Gasteiger partial charge in [0.1, 0.15) is 5.69 Å². The van der Waals surface area contributed by atoms with Gasteiger partial charge in [-0.05, 0) is 49.8 Å². The van der Waals surface area contributed by atoms with Crippen LogP contribution in [0.2, 0.25) is 5.02 Å². The number of carbonyl (C=O) groups excluding carboxylic acids is 1. The molecule has 3 heterocycles. The molecule has 3 aliphatic rings. The maximum Gasteiger partial charge on any atom is 0.272 e. The third kappa shape index (κ3) is 5.06. The number of likely N-dealkylation sites (tertiary alicyclic amines) is 1. The van der Waals surface area contributed by atoms with Crippen LogP contribution in [0.15, 0.2) is 48.7 Å². The lowest BCUT2D eigenvalue weighted by molar-refractivity contribution is -0.179. The summed E-state index contributed by atoms with van der Waals surface area (Å²) in [6.45, 7) is 4.44. The highest BCUT2D eigenvalue weighted by atomic mass is 35.5. The molecule has 1 saturated carbocycles. The summed E-state index contributed by atoms with van der Waals surface area (Å²) in [5, 5.41) is 0.548. The third-order valence-electron chi connectivity index (χ3n) is 6.76. The van der Waals surface area contributed by atoms with Crippen LogP contribution in [0.3, 0.4) is 0 Å². The maximum absolute atomic E-state index is 13.1. The molecule has 2 aromatic rings. The zero-order valence-corrected chi connectivity index (χ0v) is 19.2. The maximum atomic E-state index is 13.1. The predicted octanol–water partition coefficient (Wildman–Crippen LogP) is 4.24. The van der Waals surface area contributed by atoms with Crippen molar-refractivity contribution in [1.29, 1.82) is 0 Å². The summed E-state index contributed by atoms with van der Waals surface area (Å²) in [6.07, 6.45) is 6.66. The molecule has 5 nitrogen and oxygen atoms in total. The number of hydrogen-bond donors (Lipinski definition) is 0. The highest BCUT2D eigenvalue weighted by molar-refractivity contribution is 6.30. The van der Waals surface area contributed by atoms with E-state index in [1.54, 1.807) is 18.3 Å². The molecule has 2 aliphatic heterocycles. The summed E-state index contributed by atoms with van der Waals surface area (Å²) in [4.78, 5) is 21.9. The molecular formula is C24H29Cl2N3O2. The average molecular weight is 462 g/mol. The molecule has 31 heavy (non-hydrogen) atoms. The molecule has 0 unspecified atom stereocenters. The van der Waals surface area contributed by atoms with Gasteiger partial charge in [0.05, 0.1) is 29.3 Å². The Labute approximate surface area is 195 Å². The standard InChI is InChI=1S/C24H28ClN3O2.ClH/c25-20-6-7-21(26-16-20)22(29)28-17-23(9-10-23)30-24(18-28)11-14-27(15-12-24)13-8-19-4-2-1-3-5-19;/h1-7,16H,8-15,17-18H2;1H. The van der Waals surface area contributed by atoms with E-state index >= 15 is 0 Å². The number of aromatic nitrogens is 1. The first-order chi connectivity index (χ1) is 14.5. The van der Waals surface area contributed by atoms with Crippen LogP contribution >= 0.6 is 24.0 Å². The van der Waals surface area contributed by atoms with Crippen LogP contribution in [0.25, 0.3) is 0 Å². The number of amides is 1. The highest BCUT2D eigenvalue weighted by Crippen LogP contribution is 2.49. The molecule has 1 aromatic carbocycles. The average Bonchev–Trinajstić information content (AvgIpc) is 3.51. The quantitative estimate of drug-likeness (QED) is 0.682. The summed E-state index contributed by atoms with van der Waals surface area (Å²) in [5.41, 5.74) is 1.50. The van der Waals surface area contributed by atoms with Gasteiger partial charge in [-0.3, -0.25) is 4.79 Å². The molecule has 3 fully saturated rings. The highest BCUT2D eigenvalue weighted by Gasteiger charge is 2.56. The van der Waals surface area contributed by atoms with Crippen molar-refractivity contribution in [1.82, 2.24) is 14.8 Å². The van der Waals surface area contributed by atoms with Gasteiger partial charge >= 0.3 is 0 Å². The normalized spacial score (nSPS) is 21.6. The molecular weight excluding hydrogens is 433 g/mol. The fraction of sp³-hybridized carbons (Fsp3) is 0.500. The number of halogens is 2. The van der Waals surface area contributed by atoms with Crippen molar-refractivity contribution >= 4 is 29.9 Å². The van der Waals surface area contributed by atoms with Crippen molar-refractivity contribution < 1.29 is 9.53 Å². The SMILES string of the molecule is Cl.O=C(c1ccc(Cl)cn1)N1CC2(CCN(CCc3ccccc3)CC2)OC2(CC2)C1. The lowest BCUT2D eigenvalue weighted by atomic mass is 9.87. The molecule has 5 rings (SSSR count). The van der Waals surface area contributed by atoms with Crippen LogP contribution in [0, 0.1) is 0 Å². The minimum atomic E-state index is -0.222. The minimum absolute atomic E-state index is 0. The number of pyridine rings is 1. The van der Waals surface area contributed by atoms with Crippen LogP contribution in [0.5, 0.6) is 0 Å². The van der Waals surface area contributed by atoms with Crippen LogP contribution in [0.4, 0.5) is 0 Å². The Morgan fingerprint density at radius 2 is 1.68 bits per heavy atom. The van der Waals surface area contributed by atoms with Gasteiger partial charge < -0.3 is 14.5 Å². The van der Waals surface area contributed by atoms with Crippen molar-refractivity contribution in [3.8, 4) is 0 Å². The molecule has 1 aliphatic carbocycles. The molecule has 7 heteroatoms. The second-order valence-electron chi connectivity index (χ2n) is 9.07. The van der Waals surface area contributed by atoms with E-state index in [0.29, 0.717) is 23.8 Å². The van der Waals surface area contributed by atoms with E-state index in [4.69, 9.17) is 16.3 Å². The Balaban J connectivity index is 0.00000231. The summed E-state index contributed by atoms with van der Waals surface area (Å²) >= 11 is 5.94. The van der Waals surface area contributed by atoms with Crippen molar-refractivity contribution in [3.63, 3.8) is 0 Å². The molecule has 0 bridgehead atoms. The Morgan fingerprint density at radius 3 is 2.29 bits per heavy atom. The predicted molar refractivity (Wildman–Crippen MR) is 124 cm³/mol. The van der Waals surface area contributed by atoms with Gasteiger partial charge in [-0.2, -0.15) is 0 Å². The van der Waals surface area contributed by atoms with Crippen molar-refractivity contribution in [3.05, 3.63) is 64.9 Å². The molecule has 1 aromatic heterocycles. The van der Waals surface area contributed by atoms with Crippen molar-refractivity contribution in [2.24, 2.45) is 0 Å². The largest absolute Gasteiger partial charge is 0.365 e. The Hall–Kier alpha value is -1.66. The van der Waals surface area contributed by atoms with E-state index < -0.39 is 0 Å². The molecule has 166 valence electrons. The number of benzene rings is 1. The summed E-state index contributed by atoms with van der Waals surface area (Å²) in [7, 11) is 0. The second kappa shape index (κ2) is 9.07. The van der Waals surface area contributed by atoms with E-state index in [9.17, 15) is 4.79 Å². The lowest BCUT2D eigenvalue weighted by Gasteiger charge is -2.50. The number of nitrogens with zero attached hydrogens (tertiary/aromatic N) is 3. The third-order valence-corrected chi connectivity index (χ3v) is 6.98. The van der Waals surface area contributed by atoms with E-state index in [2.05, 4.69) is 40.2 Å². The fourth-order valence-electron chi connectivity index (χ4n) is 4.86. The Morgan fingerprint density at radius 1 is 1.00 bits per heavy atom. The van der Waals surface area contributed by atoms with Crippen LogP contribution in [-0.4, -0.2) is 64.6 Å². The first-order valence-electron chi connectivity index (χ1n) is 10.9. The fourth-order valence-corrected chi connectivity index (χ4v) is 4.97. The van der Waals surface area contributed by atoms with Gasteiger partial charge in [-0.25, -0.2) is 4.98 Å². The first-order valence-corrected chi connectivity index (χ1v) is 11.3. The van der Waals surface area contributed by atoms with Gasteiger partial charge in [-0.15, -0.1) is 12.4 Å². The zero-order chi connectivity index (χ0) is 20.6. The number of rotatable bonds is 4. The van der Waals surface area contributed by atoms with Gasteiger partial charge in [0.25, 0.3) is 5.91 Å². The number of piperidine rings is 1. The number of hydrogen-bond acceptors (Lipinski definition) is 4. The first kappa shape index (κ1) is 22.5. The summed E-state index contributed by atoms with van der Waals surface area (Å²) < 4.78 is 6.70. The van der Waals surface area contributed by atoms with Crippen molar-refractivity contribution in [2.75, 3.05) is 32.7 Å².